The molecule has 0 fully saturated rings. The van der Waals surface area contributed by atoms with E-state index in [0.29, 0.717) is 35.8 Å². The van der Waals surface area contributed by atoms with Gasteiger partial charge < -0.3 is 14.2 Å². The summed E-state index contributed by atoms with van der Waals surface area (Å²) in [6.07, 6.45) is 2.45. The maximum atomic E-state index is 12.3. The topological polar surface area (TPSA) is 92.9 Å². The smallest absolute Gasteiger partial charge is 0.271 e. The molecule has 0 heterocycles. The van der Waals surface area contributed by atoms with Crippen molar-refractivity contribution in [1.29, 1.82) is 5.26 Å². The Labute approximate surface area is 193 Å². The van der Waals surface area contributed by atoms with E-state index in [-0.39, 0.29) is 5.91 Å². The Morgan fingerprint density at radius 3 is 2.45 bits per heavy atom. The lowest BCUT2D eigenvalue weighted by Crippen LogP contribution is -2.17. The molecule has 3 aromatic rings. The van der Waals surface area contributed by atoms with Crippen LogP contribution in [0.5, 0.6) is 17.2 Å². The Kier molecular flexibility index (Phi) is 8.43. The van der Waals surface area contributed by atoms with E-state index in [0.717, 1.165) is 23.3 Å². The first-order valence-corrected chi connectivity index (χ1v) is 10.5. The summed E-state index contributed by atoms with van der Waals surface area (Å²) in [5.74, 6) is 1.53. The highest BCUT2D eigenvalue weighted by molar-refractivity contribution is 5.95. The van der Waals surface area contributed by atoms with E-state index >= 15 is 0 Å². The van der Waals surface area contributed by atoms with Gasteiger partial charge in [0.2, 0.25) is 0 Å². The van der Waals surface area contributed by atoms with Crippen LogP contribution in [0, 0.1) is 11.3 Å². The van der Waals surface area contributed by atoms with Crippen molar-refractivity contribution >= 4 is 12.1 Å². The Balaban J connectivity index is 1.57. The van der Waals surface area contributed by atoms with E-state index in [4.69, 9.17) is 19.5 Å². The normalized spacial score (nSPS) is 10.5. The number of hydrogen-bond acceptors (Lipinski definition) is 6. The quantitative estimate of drug-likeness (QED) is 0.362. The molecule has 33 heavy (non-hydrogen) atoms. The molecular formula is C26H25N3O4. The highest BCUT2D eigenvalue weighted by Crippen LogP contribution is 2.28. The second kappa shape index (κ2) is 11.9. The number of ether oxygens (including phenoxy) is 3. The molecule has 7 nitrogen and oxygen atoms in total. The van der Waals surface area contributed by atoms with Gasteiger partial charge in [0.15, 0.2) is 11.5 Å². The lowest BCUT2D eigenvalue weighted by molar-refractivity contribution is 0.0955. The maximum Gasteiger partial charge on any atom is 0.271 e. The third-order valence-electron chi connectivity index (χ3n) is 4.63. The number of hydrazone groups is 1. The molecule has 0 aliphatic carbocycles. The van der Waals surface area contributed by atoms with Gasteiger partial charge in [-0.3, -0.25) is 4.79 Å². The summed E-state index contributed by atoms with van der Waals surface area (Å²) in [4.78, 5) is 12.3. The molecule has 0 aliphatic rings. The molecule has 168 valence electrons. The summed E-state index contributed by atoms with van der Waals surface area (Å²) in [6, 6.07) is 21.5. The minimum atomic E-state index is -0.317. The number of carbonyl (C=O) groups excluding carboxylic acids is 1. The first-order chi connectivity index (χ1) is 16.1. The molecule has 3 rings (SSSR count). The van der Waals surface area contributed by atoms with Crippen molar-refractivity contribution in [2.45, 2.75) is 20.0 Å². The summed E-state index contributed by atoms with van der Waals surface area (Å²) in [7, 11) is 1.56. The second-order valence-electron chi connectivity index (χ2n) is 7.08. The minimum absolute atomic E-state index is 0.317. The molecule has 7 heteroatoms. The van der Waals surface area contributed by atoms with Crippen LogP contribution in [0.25, 0.3) is 0 Å². The van der Waals surface area contributed by atoms with E-state index in [1.165, 1.54) is 6.21 Å². The number of nitrogens with zero attached hydrogens (tertiary/aromatic N) is 2. The summed E-state index contributed by atoms with van der Waals surface area (Å²) in [5.41, 5.74) is 5.28. The van der Waals surface area contributed by atoms with Crippen molar-refractivity contribution in [1.82, 2.24) is 5.43 Å². The molecule has 0 bridgehead atoms. The SMILES string of the molecule is CCCOc1ccc(C(=O)N/N=C/c2ccc(OCc3ccc(C#N)cc3)c(OC)c2)cc1. The molecule has 0 radical (unpaired) electrons. The van der Waals surface area contributed by atoms with Gasteiger partial charge in [-0.15, -0.1) is 0 Å². The Bertz CT molecular complexity index is 1130. The van der Waals surface area contributed by atoms with Crippen LogP contribution in [0.3, 0.4) is 0 Å². The lowest BCUT2D eigenvalue weighted by atomic mass is 10.1. The van der Waals surface area contributed by atoms with Crippen molar-refractivity contribution in [3.8, 4) is 23.3 Å². The molecule has 0 saturated carbocycles. The number of rotatable bonds is 10. The molecule has 0 aliphatic heterocycles. The van der Waals surface area contributed by atoms with Crippen LogP contribution in [0.1, 0.15) is 40.4 Å². The average Bonchev–Trinajstić information content (AvgIpc) is 2.87. The Hall–Kier alpha value is -4.31. The summed E-state index contributed by atoms with van der Waals surface area (Å²) >= 11 is 0. The molecule has 0 saturated heterocycles. The molecule has 1 amide bonds. The van der Waals surface area contributed by atoms with Gasteiger partial charge in [0.1, 0.15) is 12.4 Å². The number of hydrogen-bond donors (Lipinski definition) is 1. The largest absolute Gasteiger partial charge is 0.494 e. The van der Waals surface area contributed by atoms with Crippen LogP contribution in [-0.2, 0) is 6.61 Å². The van der Waals surface area contributed by atoms with Crippen molar-refractivity contribution in [3.63, 3.8) is 0 Å². The van der Waals surface area contributed by atoms with Gasteiger partial charge in [-0.1, -0.05) is 19.1 Å². The first kappa shape index (κ1) is 23.4. The van der Waals surface area contributed by atoms with Crippen LogP contribution >= 0.6 is 0 Å². The number of benzene rings is 3. The zero-order valence-electron chi connectivity index (χ0n) is 18.6. The maximum absolute atomic E-state index is 12.3. The summed E-state index contributed by atoms with van der Waals surface area (Å²) in [5, 5.41) is 12.9. The van der Waals surface area contributed by atoms with Crippen molar-refractivity contribution in [2.24, 2.45) is 5.10 Å². The van der Waals surface area contributed by atoms with E-state index in [1.807, 2.05) is 25.1 Å². The number of nitriles is 1. The molecule has 0 atom stereocenters. The fraction of sp³-hybridized carbons (Fsp3) is 0.192. The van der Waals surface area contributed by atoms with Gasteiger partial charge in [0.05, 0.1) is 31.6 Å². The van der Waals surface area contributed by atoms with Crippen molar-refractivity contribution < 1.29 is 19.0 Å². The van der Waals surface area contributed by atoms with Gasteiger partial charge in [-0.05, 0) is 72.1 Å². The number of nitrogens with one attached hydrogen (secondary N) is 1. The van der Waals surface area contributed by atoms with Crippen LogP contribution < -0.4 is 19.6 Å². The van der Waals surface area contributed by atoms with Gasteiger partial charge in [-0.2, -0.15) is 10.4 Å². The zero-order chi connectivity index (χ0) is 23.5. The monoisotopic (exact) mass is 443 g/mol. The van der Waals surface area contributed by atoms with E-state index in [2.05, 4.69) is 16.6 Å². The molecule has 1 N–H and O–H groups in total. The Morgan fingerprint density at radius 1 is 1.03 bits per heavy atom. The highest BCUT2D eigenvalue weighted by atomic mass is 16.5. The predicted molar refractivity (Wildman–Crippen MR) is 126 cm³/mol. The third-order valence-corrected chi connectivity index (χ3v) is 4.63. The van der Waals surface area contributed by atoms with Gasteiger partial charge in [-0.25, -0.2) is 5.43 Å². The molecular weight excluding hydrogens is 418 g/mol. The van der Waals surface area contributed by atoms with Gasteiger partial charge in [0.25, 0.3) is 5.91 Å². The molecule has 3 aromatic carbocycles. The van der Waals surface area contributed by atoms with Crippen molar-refractivity contribution in [3.05, 3.63) is 89.0 Å². The predicted octanol–water partition coefficient (Wildman–Crippen LogP) is 4.70. The number of methoxy groups -OCH3 is 1. The van der Waals surface area contributed by atoms with E-state index in [1.54, 1.807) is 55.6 Å². The van der Waals surface area contributed by atoms with Gasteiger partial charge >= 0.3 is 0 Å². The fourth-order valence-electron chi connectivity index (χ4n) is 2.87. The van der Waals surface area contributed by atoms with Crippen LogP contribution in [0.15, 0.2) is 71.8 Å². The summed E-state index contributed by atoms with van der Waals surface area (Å²) in [6.45, 7) is 3.01. The van der Waals surface area contributed by atoms with Crippen molar-refractivity contribution in [2.75, 3.05) is 13.7 Å². The number of carbonyl (C=O) groups is 1. The molecule has 0 spiro atoms. The number of amides is 1. The zero-order valence-corrected chi connectivity index (χ0v) is 18.6. The Morgan fingerprint density at radius 2 is 1.79 bits per heavy atom. The lowest BCUT2D eigenvalue weighted by Gasteiger charge is -2.11. The van der Waals surface area contributed by atoms with Crippen LogP contribution in [0.4, 0.5) is 0 Å². The summed E-state index contributed by atoms with van der Waals surface area (Å²) < 4.78 is 16.8. The standard InChI is InChI=1S/C26H25N3O4/c1-3-14-32-23-11-9-22(10-12-23)26(30)29-28-17-21-8-13-24(25(15-21)31-2)33-18-20-6-4-19(16-27)5-7-20/h4-13,15,17H,3,14,18H2,1-2H3,(H,29,30)/b28-17+. The van der Waals surface area contributed by atoms with Crippen LogP contribution in [0.2, 0.25) is 0 Å². The average molecular weight is 444 g/mol. The van der Waals surface area contributed by atoms with Crippen LogP contribution in [-0.4, -0.2) is 25.8 Å². The molecule has 0 unspecified atom stereocenters. The third kappa shape index (κ3) is 6.84. The van der Waals surface area contributed by atoms with E-state index in [9.17, 15) is 4.79 Å². The minimum Gasteiger partial charge on any atom is -0.494 e. The fourth-order valence-corrected chi connectivity index (χ4v) is 2.87. The second-order valence-corrected chi connectivity index (χ2v) is 7.08. The van der Waals surface area contributed by atoms with E-state index < -0.39 is 0 Å². The first-order valence-electron chi connectivity index (χ1n) is 10.5. The highest BCUT2D eigenvalue weighted by Gasteiger charge is 2.07. The van der Waals surface area contributed by atoms with Gasteiger partial charge in [0, 0.05) is 5.56 Å². The molecule has 0 aromatic heterocycles.